The van der Waals surface area contributed by atoms with E-state index >= 15 is 0 Å². The minimum absolute atomic E-state index is 0.185. The number of nitrogens with zero attached hydrogens (tertiary/aromatic N) is 1. The maximum absolute atomic E-state index is 12.6. The topological polar surface area (TPSA) is 87.7 Å². The summed E-state index contributed by atoms with van der Waals surface area (Å²) in [6.07, 6.45) is 0. The molecule has 3 aromatic rings. The van der Waals surface area contributed by atoms with Crippen LogP contribution in [-0.2, 0) is 9.59 Å². The SMILES string of the molecule is CN(C(=O)CNC(=O)c1ccccc1OCC(=O)Nc1ccc(Cl)cc1)c1ccccc1. The van der Waals surface area contributed by atoms with Gasteiger partial charge in [0.25, 0.3) is 11.8 Å². The fraction of sp³-hybridized carbons (Fsp3) is 0.125. The zero-order valence-electron chi connectivity index (χ0n) is 17.4. The van der Waals surface area contributed by atoms with Gasteiger partial charge in [0.1, 0.15) is 5.75 Å². The Labute approximate surface area is 190 Å². The highest BCUT2D eigenvalue weighted by molar-refractivity contribution is 6.30. The molecule has 0 saturated carbocycles. The number of ether oxygens (including phenoxy) is 1. The van der Waals surface area contributed by atoms with Crippen molar-refractivity contribution in [1.82, 2.24) is 5.32 Å². The molecular formula is C24H22ClN3O4. The Balaban J connectivity index is 1.55. The first-order valence-corrected chi connectivity index (χ1v) is 10.2. The van der Waals surface area contributed by atoms with Crippen molar-refractivity contribution in [3.05, 3.63) is 89.4 Å². The van der Waals surface area contributed by atoms with Crippen LogP contribution in [0.5, 0.6) is 5.75 Å². The summed E-state index contributed by atoms with van der Waals surface area (Å²) in [7, 11) is 1.64. The largest absolute Gasteiger partial charge is 0.483 e. The first kappa shape index (κ1) is 22.8. The van der Waals surface area contributed by atoms with Crippen LogP contribution in [0.25, 0.3) is 0 Å². The van der Waals surface area contributed by atoms with E-state index in [-0.39, 0.29) is 36.3 Å². The van der Waals surface area contributed by atoms with E-state index in [1.807, 2.05) is 18.2 Å². The molecule has 0 heterocycles. The molecule has 32 heavy (non-hydrogen) atoms. The fourth-order valence-electron chi connectivity index (χ4n) is 2.82. The van der Waals surface area contributed by atoms with E-state index < -0.39 is 5.91 Å². The van der Waals surface area contributed by atoms with Gasteiger partial charge < -0.3 is 20.3 Å². The smallest absolute Gasteiger partial charge is 0.262 e. The van der Waals surface area contributed by atoms with Gasteiger partial charge in [-0.25, -0.2) is 0 Å². The molecule has 0 radical (unpaired) electrons. The Kier molecular flexibility index (Phi) is 7.83. The zero-order valence-corrected chi connectivity index (χ0v) is 18.1. The molecule has 8 heteroatoms. The van der Waals surface area contributed by atoms with Gasteiger partial charge in [-0.2, -0.15) is 0 Å². The molecule has 0 saturated heterocycles. The second-order valence-electron chi connectivity index (χ2n) is 6.81. The van der Waals surface area contributed by atoms with Crippen molar-refractivity contribution in [3.8, 4) is 5.75 Å². The number of para-hydroxylation sites is 2. The molecule has 0 aromatic heterocycles. The van der Waals surface area contributed by atoms with Crippen LogP contribution in [0.3, 0.4) is 0 Å². The van der Waals surface area contributed by atoms with Crippen molar-refractivity contribution in [2.24, 2.45) is 0 Å². The third kappa shape index (κ3) is 6.33. The predicted molar refractivity (Wildman–Crippen MR) is 124 cm³/mol. The maximum Gasteiger partial charge on any atom is 0.262 e. The van der Waals surface area contributed by atoms with E-state index in [1.54, 1.807) is 67.7 Å². The predicted octanol–water partition coefficient (Wildman–Crippen LogP) is 3.75. The van der Waals surface area contributed by atoms with Gasteiger partial charge in [-0.15, -0.1) is 0 Å². The summed E-state index contributed by atoms with van der Waals surface area (Å²) in [5.74, 6) is -0.902. The highest BCUT2D eigenvalue weighted by Gasteiger charge is 2.16. The van der Waals surface area contributed by atoms with E-state index in [4.69, 9.17) is 16.3 Å². The van der Waals surface area contributed by atoms with Crippen molar-refractivity contribution in [2.45, 2.75) is 0 Å². The molecular weight excluding hydrogens is 430 g/mol. The first-order chi connectivity index (χ1) is 15.4. The molecule has 0 atom stereocenters. The highest BCUT2D eigenvalue weighted by Crippen LogP contribution is 2.18. The standard InChI is InChI=1S/C24H22ClN3O4/c1-28(19-7-3-2-4-8-19)23(30)15-26-24(31)20-9-5-6-10-21(20)32-16-22(29)27-18-13-11-17(25)12-14-18/h2-14H,15-16H2,1H3,(H,26,31)(H,27,29). The average Bonchev–Trinajstić information content (AvgIpc) is 2.82. The molecule has 0 aliphatic rings. The van der Waals surface area contributed by atoms with Gasteiger partial charge in [-0.3, -0.25) is 14.4 Å². The summed E-state index contributed by atoms with van der Waals surface area (Å²) < 4.78 is 5.55. The van der Waals surface area contributed by atoms with Gasteiger partial charge in [-0.1, -0.05) is 41.9 Å². The lowest BCUT2D eigenvalue weighted by molar-refractivity contribution is -0.118. The van der Waals surface area contributed by atoms with Gasteiger partial charge >= 0.3 is 0 Å². The first-order valence-electron chi connectivity index (χ1n) is 9.81. The van der Waals surface area contributed by atoms with Crippen LogP contribution in [0.15, 0.2) is 78.9 Å². The van der Waals surface area contributed by atoms with Crippen LogP contribution in [0.1, 0.15) is 10.4 Å². The quantitative estimate of drug-likeness (QED) is 0.546. The molecule has 3 rings (SSSR count). The number of likely N-dealkylation sites (N-methyl/N-ethyl adjacent to an activating group) is 1. The number of hydrogen-bond acceptors (Lipinski definition) is 4. The number of carbonyl (C=O) groups is 3. The van der Waals surface area contributed by atoms with Crippen LogP contribution in [0.4, 0.5) is 11.4 Å². The molecule has 7 nitrogen and oxygen atoms in total. The Hall–Kier alpha value is -3.84. The Morgan fingerprint density at radius 3 is 2.28 bits per heavy atom. The van der Waals surface area contributed by atoms with E-state index in [0.29, 0.717) is 10.7 Å². The number of benzene rings is 3. The molecule has 0 spiro atoms. The van der Waals surface area contributed by atoms with Gasteiger partial charge in [0.05, 0.1) is 12.1 Å². The fourth-order valence-corrected chi connectivity index (χ4v) is 2.94. The number of nitrogens with one attached hydrogen (secondary N) is 2. The van der Waals surface area contributed by atoms with Crippen molar-refractivity contribution >= 4 is 40.7 Å². The minimum atomic E-state index is -0.478. The molecule has 0 bridgehead atoms. The van der Waals surface area contributed by atoms with Crippen molar-refractivity contribution < 1.29 is 19.1 Å². The van der Waals surface area contributed by atoms with Crippen LogP contribution >= 0.6 is 11.6 Å². The molecule has 0 unspecified atom stereocenters. The van der Waals surface area contributed by atoms with Crippen LogP contribution in [0.2, 0.25) is 5.02 Å². The Bertz CT molecular complexity index is 1090. The monoisotopic (exact) mass is 451 g/mol. The number of amides is 3. The summed E-state index contributed by atoms with van der Waals surface area (Å²) >= 11 is 5.83. The lowest BCUT2D eigenvalue weighted by Gasteiger charge is -2.18. The number of halogens is 1. The zero-order chi connectivity index (χ0) is 22.9. The summed E-state index contributed by atoms with van der Waals surface area (Å²) in [4.78, 5) is 38.6. The van der Waals surface area contributed by atoms with E-state index in [2.05, 4.69) is 10.6 Å². The summed E-state index contributed by atoms with van der Waals surface area (Å²) in [5.41, 5.74) is 1.53. The van der Waals surface area contributed by atoms with Crippen molar-refractivity contribution in [3.63, 3.8) is 0 Å². The van der Waals surface area contributed by atoms with Gasteiger partial charge in [-0.05, 0) is 48.5 Å². The maximum atomic E-state index is 12.6. The number of carbonyl (C=O) groups excluding carboxylic acids is 3. The van der Waals surface area contributed by atoms with Crippen LogP contribution in [0, 0.1) is 0 Å². The summed E-state index contributed by atoms with van der Waals surface area (Å²) in [5, 5.41) is 5.84. The molecule has 3 amide bonds. The second-order valence-corrected chi connectivity index (χ2v) is 7.25. The van der Waals surface area contributed by atoms with Crippen LogP contribution in [-0.4, -0.2) is 37.9 Å². The summed E-state index contributed by atoms with van der Waals surface area (Å²) in [6.45, 7) is -0.474. The Morgan fingerprint density at radius 1 is 0.906 bits per heavy atom. The van der Waals surface area contributed by atoms with E-state index in [9.17, 15) is 14.4 Å². The van der Waals surface area contributed by atoms with Crippen molar-refractivity contribution in [1.29, 1.82) is 0 Å². The van der Waals surface area contributed by atoms with Crippen molar-refractivity contribution in [2.75, 3.05) is 30.4 Å². The average molecular weight is 452 g/mol. The molecule has 0 aliphatic heterocycles. The van der Waals surface area contributed by atoms with Gasteiger partial charge in [0.2, 0.25) is 5.91 Å². The highest BCUT2D eigenvalue weighted by atomic mass is 35.5. The Morgan fingerprint density at radius 2 is 1.56 bits per heavy atom. The number of anilines is 2. The minimum Gasteiger partial charge on any atom is -0.483 e. The van der Waals surface area contributed by atoms with Gasteiger partial charge in [0.15, 0.2) is 6.61 Å². The van der Waals surface area contributed by atoms with E-state index in [0.717, 1.165) is 5.69 Å². The third-order valence-electron chi connectivity index (χ3n) is 4.54. The molecule has 0 aliphatic carbocycles. The molecule has 2 N–H and O–H groups in total. The third-order valence-corrected chi connectivity index (χ3v) is 4.79. The van der Waals surface area contributed by atoms with Crippen LogP contribution < -0.4 is 20.3 Å². The lowest BCUT2D eigenvalue weighted by Crippen LogP contribution is -2.38. The molecule has 3 aromatic carbocycles. The lowest BCUT2D eigenvalue weighted by atomic mass is 10.2. The molecule has 164 valence electrons. The number of hydrogen-bond donors (Lipinski definition) is 2. The number of rotatable bonds is 8. The normalized spacial score (nSPS) is 10.2. The van der Waals surface area contributed by atoms with Gasteiger partial charge in [0, 0.05) is 23.4 Å². The molecule has 0 fully saturated rings. The second kappa shape index (κ2) is 11.0. The van der Waals surface area contributed by atoms with E-state index in [1.165, 1.54) is 4.90 Å². The summed E-state index contributed by atoms with van der Waals surface area (Å²) in [6, 6.07) is 22.3.